The predicted molar refractivity (Wildman–Crippen MR) is 112 cm³/mol. The minimum atomic E-state index is -0.802. The molecule has 6 heteroatoms. The van der Waals surface area contributed by atoms with Crippen molar-refractivity contribution in [3.05, 3.63) is 24.3 Å². The summed E-state index contributed by atoms with van der Waals surface area (Å²) < 4.78 is 16.7. The van der Waals surface area contributed by atoms with E-state index in [9.17, 15) is 4.79 Å². The molecule has 1 heterocycles. The van der Waals surface area contributed by atoms with Crippen molar-refractivity contribution in [3.63, 3.8) is 0 Å². The van der Waals surface area contributed by atoms with Crippen molar-refractivity contribution >= 4 is 11.6 Å². The summed E-state index contributed by atoms with van der Waals surface area (Å²) >= 11 is 0. The summed E-state index contributed by atoms with van der Waals surface area (Å²) in [4.78, 5) is 15.0. The van der Waals surface area contributed by atoms with Crippen LogP contribution in [-0.4, -0.2) is 63.0 Å². The minimum Gasteiger partial charge on any atom is -0.494 e. The molecule has 0 saturated carbocycles. The number of morpholine rings is 1. The third-order valence-corrected chi connectivity index (χ3v) is 5.29. The predicted octanol–water partition coefficient (Wildman–Crippen LogP) is 3.71. The Labute approximate surface area is 169 Å². The molecule has 28 heavy (non-hydrogen) atoms. The van der Waals surface area contributed by atoms with Gasteiger partial charge in [0.05, 0.1) is 19.8 Å². The van der Waals surface area contributed by atoms with E-state index in [0.717, 1.165) is 70.0 Å². The van der Waals surface area contributed by atoms with Crippen LogP contribution in [0.4, 0.5) is 5.69 Å². The Morgan fingerprint density at radius 2 is 1.89 bits per heavy atom. The maximum Gasteiger partial charge on any atom is 0.256 e. The second-order valence-electron chi connectivity index (χ2n) is 7.53. The van der Waals surface area contributed by atoms with Gasteiger partial charge >= 0.3 is 0 Å². The number of benzene rings is 1. The van der Waals surface area contributed by atoms with Crippen LogP contribution in [0, 0.1) is 0 Å². The van der Waals surface area contributed by atoms with Gasteiger partial charge in [0.25, 0.3) is 5.91 Å². The van der Waals surface area contributed by atoms with Gasteiger partial charge in [-0.25, -0.2) is 0 Å². The summed E-state index contributed by atoms with van der Waals surface area (Å²) in [6.45, 7) is 9.39. The minimum absolute atomic E-state index is 0.106. The number of rotatable bonds is 12. The van der Waals surface area contributed by atoms with Gasteiger partial charge in [0.15, 0.2) is 0 Å². The van der Waals surface area contributed by atoms with Crippen LogP contribution in [0.3, 0.4) is 0 Å². The monoisotopic (exact) mass is 392 g/mol. The fourth-order valence-electron chi connectivity index (χ4n) is 3.22. The van der Waals surface area contributed by atoms with E-state index in [4.69, 9.17) is 14.2 Å². The second-order valence-corrected chi connectivity index (χ2v) is 7.53. The molecule has 6 nitrogen and oxygen atoms in total. The molecule has 1 aromatic carbocycles. The first-order valence-electron chi connectivity index (χ1n) is 10.5. The summed E-state index contributed by atoms with van der Waals surface area (Å²) in [5, 5.41) is 2.96. The first kappa shape index (κ1) is 22.7. The zero-order chi connectivity index (χ0) is 20.2. The summed E-state index contributed by atoms with van der Waals surface area (Å²) in [7, 11) is 1.60. The standard InChI is InChI=1S/C22H36N2O4/c1-4-5-6-12-22(2,26-3)21(25)23-19-8-10-20(11-9-19)28-16-7-13-24-14-17-27-18-15-24/h8-11H,4-7,12-18H2,1-3H3,(H,23,25). The molecule has 1 N–H and O–H groups in total. The SMILES string of the molecule is CCCCCC(C)(OC)C(=O)Nc1ccc(OCCCN2CCOCC2)cc1. The number of hydrogen-bond acceptors (Lipinski definition) is 5. The molecule has 1 atom stereocenters. The number of methoxy groups -OCH3 is 1. The molecule has 1 aromatic rings. The molecule has 0 aliphatic carbocycles. The Kier molecular flexibility index (Phi) is 9.75. The molecular formula is C22H36N2O4. The van der Waals surface area contributed by atoms with Crippen LogP contribution in [0.1, 0.15) is 46.0 Å². The van der Waals surface area contributed by atoms with E-state index in [1.165, 1.54) is 0 Å². The first-order chi connectivity index (χ1) is 13.6. The van der Waals surface area contributed by atoms with Crippen molar-refractivity contribution in [1.82, 2.24) is 4.90 Å². The number of amides is 1. The van der Waals surface area contributed by atoms with Crippen LogP contribution < -0.4 is 10.1 Å². The summed E-state index contributed by atoms with van der Waals surface area (Å²) in [6.07, 6.45) is 4.90. The van der Waals surface area contributed by atoms with Gasteiger partial charge in [0.1, 0.15) is 11.4 Å². The van der Waals surface area contributed by atoms with Gasteiger partial charge in [-0.3, -0.25) is 9.69 Å². The van der Waals surface area contributed by atoms with Gasteiger partial charge in [0, 0.05) is 32.4 Å². The van der Waals surface area contributed by atoms with E-state index in [2.05, 4.69) is 17.1 Å². The summed E-state index contributed by atoms with van der Waals surface area (Å²) in [5.41, 5.74) is -0.0476. The van der Waals surface area contributed by atoms with Crippen LogP contribution in [0.25, 0.3) is 0 Å². The topological polar surface area (TPSA) is 60.0 Å². The molecule has 1 aliphatic heterocycles. The van der Waals surface area contributed by atoms with Gasteiger partial charge in [-0.1, -0.05) is 26.2 Å². The van der Waals surface area contributed by atoms with E-state index < -0.39 is 5.60 Å². The molecule has 1 fully saturated rings. The maximum absolute atomic E-state index is 12.6. The lowest BCUT2D eigenvalue weighted by atomic mass is 9.97. The first-order valence-corrected chi connectivity index (χ1v) is 10.5. The van der Waals surface area contributed by atoms with Gasteiger partial charge < -0.3 is 19.5 Å². The zero-order valence-corrected chi connectivity index (χ0v) is 17.7. The number of ether oxygens (including phenoxy) is 3. The Morgan fingerprint density at radius 3 is 2.54 bits per heavy atom. The molecule has 2 rings (SSSR count). The van der Waals surface area contributed by atoms with Crippen molar-refractivity contribution < 1.29 is 19.0 Å². The molecule has 0 spiro atoms. The lowest BCUT2D eigenvalue weighted by Crippen LogP contribution is -2.41. The number of nitrogens with zero attached hydrogens (tertiary/aromatic N) is 1. The third kappa shape index (κ3) is 7.41. The lowest BCUT2D eigenvalue weighted by molar-refractivity contribution is -0.136. The molecule has 0 bridgehead atoms. The highest BCUT2D eigenvalue weighted by Gasteiger charge is 2.32. The summed E-state index contributed by atoms with van der Waals surface area (Å²) in [5.74, 6) is 0.711. The quantitative estimate of drug-likeness (QED) is 0.550. The Morgan fingerprint density at radius 1 is 1.18 bits per heavy atom. The zero-order valence-electron chi connectivity index (χ0n) is 17.7. The van der Waals surface area contributed by atoms with E-state index >= 15 is 0 Å². The number of anilines is 1. The van der Waals surface area contributed by atoms with Gasteiger partial charge in [-0.05, 0) is 44.0 Å². The van der Waals surface area contributed by atoms with Crippen LogP contribution in [0.2, 0.25) is 0 Å². The normalized spacial score (nSPS) is 17.1. The van der Waals surface area contributed by atoms with Gasteiger partial charge in [0.2, 0.25) is 0 Å². The van der Waals surface area contributed by atoms with E-state index in [1.807, 2.05) is 31.2 Å². The molecule has 0 radical (unpaired) electrons. The van der Waals surface area contributed by atoms with E-state index in [-0.39, 0.29) is 5.91 Å². The molecule has 0 aromatic heterocycles. The molecule has 158 valence electrons. The number of hydrogen-bond donors (Lipinski definition) is 1. The van der Waals surface area contributed by atoms with Crippen molar-refractivity contribution in [1.29, 1.82) is 0 Å². The molecular weight excluding hydrogens is 356 g/mol. The maximum atomic E-state index is 12.6. The van der Waals surface area contributed by atoms with Crippen molar-refractivity contribution in [2.24, 2.45) is 0 Å². The Balaban J connectivity index is 1.74. The highest BCUT2D eigenvalue weighted by molar-refractivity contribution is 5.97. The van der Waals surface area contributed by atoms with Crippen molar-refractivity contribution in [2.45, 2.75) is 51.6 Å². The average molecular weight is 393 g/mol. The van der Waals surface area contributed by atoms with Gasteiger partial charge in [-0.2, -0.15) is 0 Å². The van der Waals surface area contributed by atoms with Crippen LogP contribution in [0.5, 0.6) is 5.75 Å². The number of nitrogens with one attached hydrogen (secondary N) is 1. The summed E-state index contributed by atoms with van der Waals surface area (Å²) in [6, 6.07) is 7.53. The van der Waals surface area contributed by atoms with Crippen LogP contribution in [-0.2, 0) is 14.3 Å². The van der Waals surface area contributed by atoms with Crippen LogP contribution in [0.15, 0.2) is 24.3 Å². The number of carbonyl (C=O) groups is 1. The van der Waals surface area contributed by atoms with Crippen LogP contribution >= 0.6 is 0 Å². The molecule has 1 saturated heterocycles. The number of unbranched alkanes of at least 4 members (excludes halogenated alkanes) is 2. The highest BCUT2D eigenvalue weighted by Crippen LogP contribution is 2.22. The fourth-order valence-corrected chi connectivity index (χ4v) is 3.22. The fraction of sp³-hybridized carbons (Fsp3) is 0.682. The molecule has 1 aliphatic rings. The Hall–Kier alpha value is -1.63. The van der Waals surface area contributed by atoms with E-state index in [0.29, 0.717) is 13.0 Å². The number of carbonyl (C=O) groups excluding carboxylic acids is 1. The largest absolute Gasteiger partial charge is 0.494 e. The van der Waals surface area contributed by atoms with Crippen molar-refractivity contribution in [3.8, 4) is 5.75 Å². The smallest absolute Gasteiger partial charge is 0.256 e. The Bertz CT molecular complexity index is 572. The molecule has 1 unspecified atom stereocenters. The molecule has 1 amide bonds. The second kappa shape index (κ2) is 12.0. The average Bonchev–Trinajstić information content (AvgIpc) is 2.73. The van der Waals surface area contributed by atoms with Crippen molar-refractivity contribution in [2.75, 3.05) is 51.9 Å². The highest BCUT2D eigenvalue weighted by atomic mass is 16.5. The third-order valence-electron chi connectivity index (χ3n) is 5.29. The van der Waals surface area contributed by atoms with E-state index in [1.54, 1.807) is 7.11 Å². The lowest BCUT2D eigenvalue weighted by Gasteiger charge is -2.27. The van der Waals surface area contributed by atoms with Gasteiger partial charge in [-0.15, -0.1) is 0 Å².